The van der Waals surface area contributed by atoms with Gasteiger partial charge in [0.15, 0.2) is 0 Å². The van der Waals surface area contributed by atoms with Crippen LogP contribution in [0.25, 0.3) is 21.5 Å². The highest BCUT2D eigenvalue weighted by atomic mass is 19.3. The summed E-state index contributed by atoms with van der Waals surface area (Å²) in [6, 6.07) is 24.3. The fourth-order valence-corrected chi connectivity index (χ4v) is 9.24. The number of carbonyl (C=O) groups is 2. The normalized spacial score (nSPS) is 17.4. The first-order chi connectivity index (χ1) is 36.9. The number of rotatable bonds is 21. The molecular weight excluding hydrogens is 1020 g/mol. The number of benzene rings is 4. The number of aryl methyl sites for hydroxylation is 2. The molecule has 4 fully saturated rings. The molecule has 0 spiro atoms. The van der Waals surface area contributed by atoms with Crippen LogP contribution in [0.2, 0.25) is 0 Å². The van der Waals surface area contributed by atoms with Crippen LogP contribution < -0.4 is 26.7 Å². The molecule has 2 aliphatic carbocycles. The largest absolute Gasteiger partial charge is 0.477 e. The number of carboxylic acids is 1. The number of aromatic nitrogens is 2. The van der Waals surface area contributed by atoms with Gasteiger partial charge in [0.05, 0.1) is 12.1 Å². The van der Waals surface area contributed by atoms with Gasteiger partial charge in [-0.2, -0.15) is 17.6 Å². The van der Waals surface area contributed by atoms with E-state index in [2.05, 4.69) is 25.1 Å². The fraction of sp³-hybridized carbons (Fsp3) is 0.448. The number of aliphatic hydroxyl groups excluding tert-OH is 2. The van der Waals surface area contributed by atoms with Gasteiger partial charge in [0, 0.05) is 67.6 Å². The van der Waals surface area contributed by atoms with Gasteiger partial charge in [0.1, 0.15) is 29.9 Å². The summed E-state index contributed by atoms with van der Waals surface area (Å²) in [5, 5.41) is 35.0. The Balaban J connectivity index is 0.000000186. The Hall–Kier alpha value is -6.42. The van der Waals surface area contributed by atoms with Gasteiger partial charge < -0.3 is 51.8 Å². The lowest BCUT2D eigenvalue weighted by Gasteiger charge is -2.30. The number of nitrogens with two attached hydrogens (primary N) is 1. The third kappa shape index (κ3) is 17.3. The van der Waals surface area contributed by atoms with Crippen LogP contribution in [-0.2, 0) is 22.4 Å². The number of alkyl halides is 4. The molecule has 4 heterocycles. The Labute approximate surface area is 449 Å². The van der Waals surface area contributed by atoms with Crippen LogP contribution in [0.1, 0.15) is 98.7 Å². The number of ether oxygens (including phenoxy) is 2. The summed E-state index contributed by atoms with van der Waals surface area (Å²) >= 11 is 0. The second kappa shape index (κ2) is 27.0. The predicted molar refractivity (Wildman–Crippen MR) is 284 cm³/mol. The highest BCUT2D eigenvalue weighted by Gasteiger charge is 2.41. The van der Waals surface area contributed by atoms with Crippen molar-refractivity contribution < 1.29 is 60.7 Å². The maximum atomic E-state index is 15.0. The van der Waals surface area contributed by atoms with E-state index < -0.39 is 54.8 Å². The first-order valence-electron chi connectivity index (χ1n) is 26.4. The van der Waals surface area contributed by atoms with Crippen molar-refractivity contribution in [1.82, 2.24) is 31.2 Å². The molecule has 9 N–H and O–H groups in total. The summed E-state index contributed by atoms with van der Waals surface area (Å²) in [7, 11) is 0. The molecule has 1 unspecified atom stereocenters. The number of hydrogen-bond donors (Lipinski definition) is 6. The Bertz CT molecular complexity index is 2900. The van der Waals surface area contributed by atoms with Gasteiger partial charge >= 0.3 is 17.8 Å². The van der Waals surface area contributed by atoms with E-state index >= 15 is 8.78 Å². The predicted octanol–water partition coefficient (Wildman–Crippen LogP) is 9.67. The summed E-state index contributed by atoms with van der Waals surface area (Å²) in [6.07, 6.45) is 8.92. The summed E-state index contributed by atoms with van der Waals surface area (Å²) in [5.41, 5.74) is 8.52. The zero-order valence-corrected chi connectivity index (χ0v) is 43.4. The van der Waals surface area contributed by atoms with Crippen molar-refractivity contribution in [3.63, 3.8) is 0 Å². The van der Waals surface area contributed by atoms with Crippen LogP contribution in [0, 0.1) is 11.6 Å². The highest BCUT2D eigenvalue weighted by molar-refractivity contribution is 5.85. The summed E-state index contributed by atoms with van der Waals surface area (Å²) < 4.78 is 93.5. The summed E-state index contributed by atoms with van der Waals surface area (Å²) in [5.74, 6) is -10.5. The van der Waals surface area contributed by atoms with E-state index in [1.807, 2.05) is 12.1 Å². The van der Waals surface area contributed by atoms with Crippen molar-refractivity contribution >= 4 is 33.4 Å². The maximum absolute atomic E-state index is 15.0. The molecule has 4 aromatic carbocycles. The molecule has 20 heteroatoms. The van der Waals surface area contributed by atoms with Gasteiger partial charge in [-0.25, -0.2) is 23.5 Å². The van der Waals surface area contributed by atoms with E-state index in [0.717, 1.165) is 87.6 Å². The Kier molecular flexibility index (Phi) is 20.5. The standard InChI is InChI=1S/C29H32F3N3O3.C15H23N3O2.C14H11F3O2.H3N/c30-23-7-5-20-15-19(3-4-21(20)16-23)11-12-29(31,32)28(37)34-25(18-35-13-1-2-14-35)27(36)22-6-10-26(33-17-22)38-24-8-9-24;16-13(10-18-7-1-2-8-18)15(19)11-3-6-14(17-9-11)20-12-4-5-12;15-12-4-3-10-7-9(1-2-11(10)8-12)5-6-14(16,17)13(18)19;/h3-7,10,15-17,24-25,27,36H,1-2,8-9,11-14,18H2,(H,34,37);3,6,9,12-13,15,19H,1-2,4-5,7-8,10,16H2;1-4,7-8H,5-6H2,(H,18,19);1H3/t25-,27-;13-,15?;;/m11../s1. The zero-order valence-electron chi connectivity index (χ0n) is 43.4. The topological polar surface area (TPSA) is 219 Å². The van der Waals surface area contributed by atoms with Crippen molar-refractivity contribution in [2.24, 2.45) is 5.73 Å². The molecule has 4 atom stereocenters. The Morgan fingerprint density at radius 3 is 1.47 bits per heavy atom. The molecular formula is C58H69F6N7O7. The van der Waals surface area contributed by atoms with E-state index in [4.69, 9.17) is 20.3 Å². The van der Waals surface area contributed by atoms with Crippen molar-refractivity contribution in [3.05, 3.63) is 143 Å². The average Bonchev–Trinajstić information content (AvgIpc) is 4.31. The number of carbonyl (C=O) groups excluding carboxylic acids is 1. The molecule has 2 aliphatic heterocycles. The number of amides is 1. The number of aliphatic carboxylic acids is 1. The molecule has 2 saturated heterocycles. The van der Waals surface area contributed by atoms with Gasteiger partial charge in [-0.05, 0) is 159 Å². The van der Waals surface area contributed by atoms with Crippen molar-refractivity contribution in [3.8, 4) is 11.8 Å². The van der Waals surface area contributed by atoms with Crippen LogP contribution >= 0.6 is 0 Å². The van der Waals surface area contributed by atoms with E-state index in [0.29, 0.717) is 45.3 Å². The van der Waals surface area contributed by atoms with Crippen molar-refractivity contribution in [1.29, 1.82) is 0 Å². The minimum absolute atomic E-state index is 0. The smallest absolute Gasteiger partial charge is 0.374 e. The zero-order chi connectivity index (χ0) is 54.7. The lowest BCUT2D eigenvalue weighted by atomic mass is 10.0. The molecule has 0 radical (unpaired) electrons. The molecule has 78 heavy (non-hydrogen) atoms. The minimum atomic E-state index is -3.72. The van der Waals surface area contributed by atoms with Crippen LogP contribution in [0.4, 0.5) is 26.3 Å². The monoisotopic (exact) mass is 1090 g/mol. The lowest BCUT2D eigenvalue weighted by molar-refractivity contribution is -0.165. The third-order valence-corrected chi connectivity index (χ3v) is 14.1. The van der Waals surface area contributed by atoms with Crippen LogP contribution in [0.15, 0.2) is 109 Å². The number of carboxylic acid groups (broad SMARTS) is 1. The number of fused-ring (bicyclic) bond motifs is 2. The van der Waals surface area contributed by atoms with Gasteiger partial charge in [0.25, 0.3) is 5.91 Å². The van der Waals surface area contributed by atoms with E-state index in [-0.39, 0.29) is 49.3 Å². The average molecular weight is 1090 g/mol. The van der Waals surface area contributed by atoms with Crippen molar-refractivity contribution in [2.45, 2.75) is 125 Å². The summed E-state index contributed by atoms with van der Waals surface area (Å²) in [6.45, 7) is 4.74. The lowest BCUT2D eigenvalue weighted by Crippen LogP contribution is -2.51. The molecule has 0 bridgehead atoms. The van der Waals surface area contributed by atoms with Crippen LogP contribution in [0.5, 0.6) is 11.8 Å². The molecule has 14 nitrogen and oxygen atoms in total. The number of likely N-dealkylation sites (tertiary alicyclic amines) is 2. The Morgan fingerprint density at radius 2 is 1.04 bits per heavy atom. The van der Waals surface area contributed by atoms with Gasteiger partial charge in [-0.1, -0.05) is 48.5 Å². The highest BCUT2D eigenvalue weighted by Crippen LogP contribution is 2.30. The number of nitrogens with one attached hydrogen (secondary N) is 1. The molecule has 2 aromatic heterocycles. The van der Waals surface area contributed by atoms with E-state index in [9.17, 15) is 37.4 Å². The van der Waals surface area contributed by atoms with Gasteiger partial charge in [-0.3, -0.25) is 4.79 Å². The van der Waals surface area contributed by atoms with Crippen molar-refractivity contribution in [2.75, 3.05) is 39.3 Å². The fourth-order valence-electron chi connectivity index (χ4n) is 9.24. The minimum Gasteiger partial charge on any atom is -0.477 e. The number of pyridine rings is 2. The number of hydrogen-bond acceptors (Lipinski definition) is 12. The van der Waals surface area contributed by atoms with E-state index in [1.165, 1.54) is 43.3 Å². The molecule has 6 aromatic rings. The van der Waals surface area contributed by atoms with Crippen LogP contribution in [-0.4, -0.2) is 122 Å². The first-order valence-corrected chi connectivity index (χ1v) is 26.4. The Morgan fingerprint density at radius 1 is 0.615 bits per heavy atom. The van der Waals surface area contributed by atoms with Gasteiger partial charge in [0.2, 0.25) is 11.8 Å². The summed E-state index contributed by atoms with van der Waals surface area (Å²) in [4.78, 5) is 35.9. The molecule has 1 amide bonds. The second-order valence-electron chi connectivity index (χ2n) is 20.5. The quantitative estimate of drug-likeness (QED) is 0.0371. The second-order valence-corrected chi connectivity index (χ2v) is 20.5. The third-order valence-electron chi connectivity index (χ3n) is 14.1. The molecule has 4 aliphatic rings. The molecule has 10 rings (SSSR count). The molecule has 2 saturated carbocycles. The van der Waals surface area contributed by atoms with E-state index in [1.54, 1.807) is 66.9 Å². The number of halogens is 6. The number of nitrogens with zero attached hydrogens (tertiary/aromatic N) is 4. The SMILES string of the molecule is N.N[C@H](CN1CCCC1)C(O)c1ccc(OC2CC2)nc1.O=C(N[C@H](CN1CCCC1)[C@H](O)c1ccc(OC2CC2)nc1)C(F)(F)CCc1ccc2cc(F)ccc2c1.O=C(O)C(F)(F)CCc1ccc2cc(F)ccc2c1. The first kappa shape index (κ1) is 59.2. The number of aliphatic hydroxyl groups is 2. The maximum Gasteiger partial charge on any atom is 0.374 e. The van der Waals surface area contributed by atoms with Crippen LogP contribution in [0.3, 0.4) is 0 Å². The van der Waals surface area contributed by atoms with Gasteiger partial charge in [-0.15, -0.1) is 0 Å². The molecule has 420 valence electrons.